The van der Waals surface area contributed by atoms with Crippen LogP contribution in [0.15, 0.2) is 72.8 Å². The highest BCUT2D eigenvalue weighted by Gasteiger charge is 2.22. The van der Waals surface area contributed by atoms with Gasteiger partial charge in [-0.1, -0.05) is 68.8 Å². The van der Waals surface area contributed by atoms with Crippen LogP contribution in [0.1, 0.15) is 56.3 Å². The minimum Gasteiger partial charge on any atom is -0.494 e. The average Bonchev–Trinajstić information content (AvgIpc) is 3.57. The molecule has 0 N–H and O–H groups in total. The van der Waals surface area contributed by atoms with Crippen molar-refractivity contribution in [2.24, 2.45) is 0 Å². The van der Waals surface area contributed by atoms with E-state index < -0.39 is 0 Å². The van der Waals surface area contributed by atoms with Crippen LogP contribution in [0.4, 0.5) is 0 Å². The summed E-state index contributed by atoms with van der Waals surface area (Å²) < 4.78 is 19.5. The topological polar surface area (TPSA) is 48.8 Å². The van der Waals surface area contributed by atoms with Gasteiger partial charge in [-0.2, -0.15) is 0 Å². The molecule has 39 heavy (non-hydrogen) atoms. The minimum atomic E-state index is 0.281. The van der Waals surface area contributed by atoms with Crippen LogP contribution in [0.5, 0.6) is 17.2 Å². The van der Waals surface area contributed by atoms with Gasteiger partial charge in [0.25, 0.3) is 0 Å². The Hall–Kier alpha value is -3.77. The molecule has 204 valence electrons. The van der Waals surface area contributed by atoms with E-state index in [1.54, 1.807) is 0 Å². The number of aromatic nitrogens is 2. The fourth-order valence-corrected chi connectivity index (χ4v) is 5.21. The normalized spacial score (nSPS) is 12.3. The van der Waals surface area contributed by atoms with Crippen molar-refractivity contribution in [3.05, 3.63) is 95.4 Å². The van der Waals surface area contributed by atoms with Crippen LogP contribution in [0.25, 0.3) is 11.3 Å². The number of imidazole rings is 1. The molecule has 1 aromatic heterocycles. The third-order valence-electron chi connectivity index (χ3n) is 7.08. The lowest BCUT2D eigenvalue weighted by Gasteiger charge is -2.25. The van der Waals surface area contributed by atoms with Crippen LogP contribution in [0.3, 0.4) is 0 Å². The third kappa shape index (κ3) is 6.45. The van der Waals surface area contributed by atoms with Gasteiger partial charge in [0.05, 0.1) is 18.0 Å². The molecule has 0 bridgehead atoms. The standard InChI is InChI=1S/C33H39N3O3/c1-4-7-18-36-29(33(34-32(36)5-2)27-13-9-8-10-14-27)23-35(21-25-12-11-15-28(19-25)37-6-3)22-26-16-17-30-31(20-26)39-24-38-30/h8-17,19-20H,4-7,18,21-24H2,1-3H3. The summed E-state index contributed by atoms with van der Waals surface area (Å²) in [6.45, 7) is 10.7. The molecule has 0 saturated carbocycles. The molecule has 0 radical (unpaired) electrons. The molecule has 6 nitrogen and oxygen atoms in total. The number of rotatable bonds is 13. The van der Waals surface area contributed by atoms with Crippen molar-refractivity contribution in [3.8, 4) is 28.5 Å². The highest BCUT2D eigenvalue weighted by Crippen LogP contribution is 2.34. The number of nitrogens with zero attached hydrogens (tertiary/aromatic N) is 3. The number of aryl methyl sites for hydroxylation is 1. The summed E-state index contributed by atoms with van der Waals surface area (Å²) >= 11 is 0. The summed E-state index contributed by atoms with van der Waals surface area (Å²) in [5.41, 5.74) is 5.93. The molecule has 4 aromatic rings. The molecular formula is C33H39N3O3. The van der Waals surface area contributed by atoms with Crippen molar-refractivity contribution in [1.82, 2.24) is 14.5 Å². The molecule has 1 aliphatic heterocycles. The molecule has 2 heterocycles. The fourth-order valence-electron chi connectivity index (χ4n) is 5.21. The Morgan fingerprint density at radius 3 is 2.41 bits per heavy atom. The second-order valence-electron chi connectivity index (χ2n) is 9.96. The van der Waals surface area contributed by atoms with E-state index in [2.05, 4.69) is 84.0 Å². The third-order valence-corrected chi connectivity index (χ3v) is 7.08. The van der Waals surface area contributed by atoms with Crippen LogP contribution in [-0.4, -0.2) is 27.9 Å². The summed E-state index contributed by atoms with van der Waals surface area (Å²) in [6.07, 6.45) is 3.18. The first-order valence-corrected chi connectivity index (χ1v) is 14.1. The second-order valence-corrected chi connectivity index (χ2v) is 9.96. The number of hydrogen-bond donors (Lipinski definition) is 0. The minimum absolute atomic E-state index is 0.281. The van der Waals surface area contributed by atoms with Gasteiger partial charge in [0, 0.05) is 38.2 Å². The highest BCUT2D eigenvalue weighted by atomic mass is 16.7. The van der Waals surface area contributed by atoms with Crippen LogP contribution in [0.2, 0.25) is 0 Å². The zero-order chi connectivity index (χ0) is 27.0. The molecule has 0 spiro atoms. The van der Waals surface area contributed by atoms with E-state index >= 15 is 0 Å². The monoisotopic (exact) mass is 525 g/mol. The maximum Gasteiger partial charge on any atom is 0.231 e. The number of fused-ring (bicyclic) bond motifs is 1. The van der Waals surface area contributed by atoms with Crippen molar-refractivity contribution in [3.63, 3.8) is 0 Å². The Labute approximate surface area is 232 Å². The lowest BCUT2D eigenvalue weighted by atomic mass is 10.1. The second kappa shape index (κ2) is 12.9. The molecule has 0 fully saturated rings. The van der Waals surface area contributed by atoms with Gasteiger partial charge in [-0.25, -0.2) is 4.98 Å². The Balaban J connectivity index is 1.52. The van der Waals surface area contributed by atoms with Crippen molar-refractivity contribution in [2.45, 2.75) is 66.2 Å². The SMILES string of the molecule is CCCCn1c(CC)nc(-c2ccccc2)c1CN(Cc1cccc(OCC)c1)Cc1ccc2c(c1)OCO2. The van der Waals surface area contributed by atoms with Gasteiger partial charge in [-0.3, -0.25) is 4.90 Å². The van der Waals surface area contributed by atoms with Gasteiger partial charge in [0.2, 0.25) is 6.79 Å². The van der Waals surface area contributed by atoms with E-state index in [-0.39, 0.29) is 6.79 Å². The lowest BCUT2D eigenvalue weighted by Crippen LogP contribution is -2.25. The van der Waals surface area contributed by atoms with Crippen LogP contribution in [-0.2, 0) is 32.6 Å². The average molecular weight is 526 g/mol. The number of benzene rings is 3. The molecule has 0 atom stereocenters. The van der Waals surface area contributed by atoms with E-state index in [1.165, 1.54) is 22.4 Å². The van der Waals surface area contributed by atoms with Crippen molar-refractivity contribution in [1.29, 1.82) is 0 Å². The summed E-state index contributed by atoms with van der Waals surface area (Å²) in [4.78, 5) is 7.68. The number of ether oxygens (including phenoxy) is 3. The first-order chi connectivity index (χ1) is 19.2. The summed E-state index contributed by atoms with van der Waals surface area (Å²) in [7, 11) is 0. The van der Waals surface area contributed by atoms with E-state index in [9.17, 15) is 0 Å². The molecule has 0 aliphatic carbocycles. The number of unbranched alkanes of at least 4 members (excludes halogenated alkanes) is 1. The Bertz CT molecular complexity index is 1370. The molecular weight excluding hydrogens is 486 g/mol. The van der Waals surface area contributed by atoms with E-state index in [1.807, 2.05) is 19.1 Å². The lowest BCUT2D eigenvalue weighted by molar-refractivity contribution is 0.174. The first-order valence-electron chi connectivity index (χ1n) is 14.1. The van der Waals surface area contributed by atoms with Crippen LogP contribution >= 0.6 is 0 Å². The molecule has 0 unspecified atom stereocenters. The van der Waals surface area contributed by atoms with E-state index in [0.717, 1.165) is 74.2 Å². The molecule has 0 amide bonds. The van der Waals surface area contributed by atoms with Crippen molar-refractivity contribution < 1.29 is 14.2 Å². The summed E-state index contributed by atoms with van der Waals surface area (Å²) in [5.74, 6) is 3.69. The van der Waals surface area contributed by atoms with Gasteiger partial charge in [0.15, 0.2) is 11.5 Å². The predicted molar refractivity (Wildman–Crippen MR) is 155 cm³/mol. The first kappa shape index (κ1) is 26.8. The van der Waals surface area contributed by atoms with Crippen LogP contribution in [0, 0.1) is 0 Å². The fraction of sp³-hybridized carbons (Fsp3) is 0.364. The van der Waals surface area contributed by atoms with Crippen LogP contribution < -0.4 is 14.2 Å². The maximum atomic E-state index is 5.81. The van der Waals surface area contributed by atoms with E-state index in [0.29, 0.717) is 6.61 Å². The maximum absolute atomic E-state index is 5.81. The molecule has 0 saturated heterocycles. The molecule has 3 aromatic carbocycles. The van der Waals surface area contributed by atoms with Crippen molar-refractivity contribution in [2.75, 3.05) is 13.4 Å². The number of hydrogen-bond acceptors (Lipinski definition) is 5. The summed E-state index contributed by atoms with van der Waals surface area (Å²) in [5, 5.41) is 0. The van der Waals surface area contributed by atoms with Gasteiger partial charge >= 0.3 is 0 Å². The zero-order valence-corrected chi connectivity index (χ0v) is 23.4. The molecule has 6 heteroatoms. The smallest absolute Gasteiger partial charge is 0.231 e. The van der Waals surface area contributed by atoms with E-state index in [4.69, 9.17) is 19.2 Å². The highest BCUT2D eigenvalue weighted by molar-refractivity contribution is 5.62. The van der Waals surface area contributed by atoms with Gasteiger partial charge in [-0.15, -0.1) is 0 Å². The Morgan fingerprint density at radius 2 is 1.64 bits per heavy atom. The quantitative estimate of drug-likeness (QED) is 0.184. The Morgan fingerprint density at radius 1 is 0.846 bits per heavy atom. The van der Waals surface area contributed by atoms with Crippen molar-refractivity contribution >= 4 is 0 Å². The van der Waals surface area contributed by atoms with Gasteiger partial charge in [0.1, 0.15) is 11.6 Å². The predicted octanol–water partition coefficient (Wildman–Crippen LogP) is 7.24. The summed E-state index contributed by atoms with van der Waals surface area (Å²) in [6, 6.07) is 25.3. The largest absolute Gasteiger partial charge is 0.494 e. The van der Waals surface area contributed by atoms with Gasteiger partial charge < -0.3 is 18.8 Å². The zero-order valence-electron chi connectivity index (χ0n) is 23.4. The van der Waals surface area contributed by atoms with Gasteiger partial charge in [-0.05, 0) is 48.7 Å². The Kier molecular flexibility index (Phi) is 8.84. The molecule has 5 rings (SSSR count). The molecule has 1 aliphatic rings.